The highest BCUT2D eigenvalue weighted by atomic mass is 15.0. The SMILES string of the molecule is C=CC(C)=CC(=CC)C(C)=c1c(=CCC)c2ccccc2n1CC(C)C. The fourth-order valence-corrected chi connectivity index (χ4v) is 3.55. The maximum absolute atomic E-state index is 3.90. The van der Waals surface area contributed by atoms with Gasteiger partial charge in [-0.1, -0.05) is 75.4 Å². The standard InChI is InChI=1S/C25H33N/c1-8-13-23-22-14-11-12-15-24(22)26(17-18(4)5)25(23)20(7)21(10-3)16-19(6)9-2/h9-16,18H,2,8,17H2,1,3-7H3. The molecule has 138 valence electrons. The van der Waals surface area contributed by atoms with Gasteiger partial charge in [0.1, 0.15) is 0 Å². The summed E-state index contributed by atoms with van der Waals surface area (Å²) in [5, 5.41) is 4.07. The number of hydrogen-bond donors (Lipinski definition) is 0. The van der Waals surface area contributed by atoms with Crippen molar-refractivity contribution in [3.63, 3.8) is 0 Å². The summed E-state index contributed by atoms with van der Waals surface area (Å²) in [4.78, 5) is 0. The highest BCUT2D eigenvalue weighted by Gasteiger charge is 2.11. The fourth-order valence-electron chi connectivity index (χ4n) is 3.55. The Labute approximate surface area is 158 Å². The zero-order chi connectivity index (χ0) is 19.3. The van der Waals surface area contributed by atoms with Gasteiger partial charge in [-0.2, -0.15) is 0 Å². The van der Waals surface area contributed by atoms with Crippen LogP contribution in [-0.2, 0) is 6.54 Å². The molecule has 0 N–H and O–H groups in total. The van der Waals surface area contributed by atoms with E-state index in [0.717, 1.165) is 13.0 Å². The third-order valence-electron chi connectivity index (χ3n) is 4.77. The zero-order valence-electron chi connectivity index (χ0n) is 17.3. The molecule has 0 fully saturated rings. The number of aromatic nitrogens is 1. The lowest BCUT2D eigenvalue weighted by Crippen LogP contribution is -2.33. The molecule has 0 aliphatic rings. The molecule has 1 aromatic carbocycles. The third-order valence-corrected chi connectivity index (χ3v) is 4.77. The van der Waals surface area contributed by atoms with Crippen molar-refractivity contribution in [2.45, 2.75) is 54.5 Å². The van der Waals surface area contributed by atoms with Gasteiger partial charge < -0.3 is 4.57 Å². The molecule has 2 aromatic rings. The number of hydrogen-bond acceptors (Lipinski definition) is 0. The van der Waals surface area contributed by atoms with E-state index in [4.69, 9.17) is 0 Å². The van der Waals surface area contributed by atoms with Crippen LogP contribution in [0.1, 0.15) is 48.0 Å². The molecule has 0 atom stereocenters. The van der Waals surface area contributed by atoms with Crippen molar-refractivity contribution in [2.24, 2.45) is 5.92 Å². The minimum absolute atomic E-state index is 0.589. The molecule has 1 heterocycles. The molecular weight excluding hydrogens is 314 g/mol. The van der Waals surface area contributed by atoms with E-state index in [-0.39, 0.29) is 0 Å². The van der Waals surface area contributed by atoms with Crippen molar-refractivity contribution < 1.29 is 0 Å². The predicted molar refractivity (Wildman–Crippen MR) is 118 cm³/mol. The van der Waals surface area contributed by atoms with E-state index in [2.05, 4.69) is 95.2 Å². The monoisotopic (exact) mass is 347 g/mol. The van der Waals surface area contributed by atoms with Gasteiger partial charge in [0.25, 0.3) is 0 Å². The number of fused-ring (bicyclic) bond motifs is 1. The molecule has 1 heteroatoms. The van der Waals surface area contributed by atoms with Crippen molar-refractivity contribution in [1.82, 2.24) is 4.57 Å². The van der Waals surface area contributed by atoms with Crippen LogP contribution in [0.2, 0.25) is 0 Å². The Bertz CT molecular complexity index is 961. The topological polar surface area (TPSA) is 4.93 Å². The van der Waals surface area contributed by atoms with Gasteiger partial charge in [-0.25, -0.2) is 0 Å². The second-order valence-electron chi connectivity index (χ2n) is 7.36. The molecule has 0 amide bonds. The first kappa shape index (κ1) is 20.0. The van der Waals surface area contributed by atoms with Crippen molar-refractivity contribution in [2.75, 3.05) is 0 Å². The molecule has 2 rings (SSSR count). The number of allylic oxidation sites excluding steroid dienone is 5. The van der Waals surface area contributed by atoms with Crippen molar-refractivity contribution in [3.8, 4) is 0 Å². The average Bonchev–Trinajstić information content (AvgIpc) is 2.92. The van der Waals surface area contributed by atoms with E-state index in [1.54, 1.807) is 0 Å². The summed E-state index contributed by atoms with van der Waals surface area (Å²) in [6.45, 7) is 18.2. The summed E-state index contributed by atoms with van der Waals surface area (Å²) >= 11 is 0. The zero-order valence-corrected chi connectivity index (χ0v) is 17.3. The van der Waals surface area contributed by atoms with Crippen LogP contribution in [0, 0.1) is 5.92 Å². The van der Waals surface area contributed by atoms with E-state index < -0.39 is 0 Å². The molecule has 0 aliphatic carbocycles. The van der Waals surface area contributed by atoms with Gasteiger partial charge in [-0.15, -0.1) is 0 Å². The van der Waals surface area contributed by atoms with Crippen molar-refractivity contribution in [3.05, 3.63) is 70.8 Å². The minimum atomic E-state index is 0.589. The largest absolute Gasteiger partial charge is 0.340 e. The summed E-state index contributed by atoms with van der Waals surface area (Å²) in [6, 6.07) is 8.80. The van der Waals surface area contributed by atoms with Crippen LogP contribution in [-0.4, -0.2) is 4.57 Å². The van der Waals surface area contributed by atoms with Gasteiger partial charge in [0.15, 0.2) is 0 Å². The normalized spacial score (nSPS) is 15.1. The molecule has 1 aromatic heterocycles. The molecule has 0 saturated carbocycles. The lowest BCUT2D eigenvalue weighted by atomic mass is 10.0. The second kappa shape index (κ2) is 8.89. The number of rotatable bonds is 6. The predicted octanol–water partition coefficient (Wildman–Crippen LogP) is 5.74. The molecule has 0 unspecified atom stereocenters. The first-order valence-electron chi connectivity index (χ1n) is 9.70. The average molecular weight is 348 g/mol. The lowest BCUT2D eigenvalue weighted by Gasteiger charge is -2.12. The van der Waals surface area contributed by atoms with Gasteiger partial charge in [-0.3, -0.25) is 0 Å². The van der Waals surface area contributed by atoms with Crippen LogP contribution >= 0.6 is 0 Å². The molecule has 1 nitrogen and oxygen atoms in total. The van der Waals surface area contributed by atoms with E-state index in [0.29, 0.717) is 5.92 Å². The molecular formula is C25H33N. The number of nitrogens with zero attached hydrogens (tertiary/aromatic N) is 1. The second-order valence-corrected chi connectivity index (χ2v) is 7.36. The first-order chi connectivity index (χ1) is 12.4. The van der Waals surface area contributed by atoms with Gasteiger partial charge in [0.05, 0.1) is 5.35 Å². The molecule has 0 spiro atoms. The van der Waals surface area contributed by atoms with E-state index in [1.165, 1.54) is 38.2 Å². The Morgan fingerprint density at radius 2 is 1.88 bits per heavy atom. The minimum Gasteiger partial charge on any atom is -0.340 e. The highest BCUT2D eigenvalue weighted by Crippen LogP contribution is 2.16. The quantitative estimate of drug-likeness (QED) is 0.587. The van der Waals surface area contributed by atoms with Crippen LogP contribution in [0.3, 0.4) is 0 Å². The van der Waals surface area contributed by atoms with Gasteiger partial charge >= 0.3 is 0 Å². The number of para-hydroxylation sites is 1. The Morgan fingerprint density at radius 1 is 1.19 bits per heavy atom. The molecule has 26 heavy (non-hydrogen) atoms. The Kier molecular flexibility index (Phi) is 6.85. The van der Waals surface area contributed by atoms with Crippen LogP contribution in [0.15, 0.2) is 60.2 Å². The fraction of sp³-hybridized carbons (Fsp3) is 0.360. The maximum Gasteiger partial charge on any atom is 0.0523 e. The summed E-state index contributed by atoms with van der Waals surface area (Å²) in [5.41, 5.74) is 5.10. The van der Waals surface area contributed by atoms with Crippen LogP contribution in [0.4, 0.5) is 0 Å². The summed E-state index contributed by atoms with van der Waals surface area (Å²) in [5.74, 6) is 0.589. The van der Waals surface area contributed by atoms with Gasteiger partial charge in [-0.05, 0) is 50.3 Å². The van der Waals surface area contributed by atoms with Gasteiger partial charge in [0, 0.05) is 22.7 Å². The molecule has 0 radical (unpaired) electrons. The Hall–Kier alpha value is -2.28. The summed E-state index contributed by atoms with van der Waals surface area (Å²) in [7, 11) is 0. The van der Waals surface area contributed by atoms with Crippen molar-refractivity contribution >= 4 is 22.6 Å². The Morgan fingerprint density at radius 3 is 2.46 bits per heavy atom. The smallest absolute Gasteiger partial charge is 0.0523 e. The van der Waals surface area contributed by atoms with Gasteiger partial charge in [0.2, 0.25) is 0 Å². The van der Waals surface area contributed by atoms with Crippen LogP contribution in [0.5, 0.6) is 0 Å². The Balaban J connectivity index is 3.02. The molecule has 0 bridgehead atoms. The molecule has 0 saturated heterocycles. The third kappa shape index (κ3) is 4.09. The summed E-state index contributed by atoms with van der Waals surface area (Å²) in [6.07, 6.45) is 9.75. The van der Waals surface area contributed by atoms with E-state index in [1.807, 2.05) is 6.08 Å². The van der Waals surface area contributed by atoms with E-state index in [9.17, 15) is 0 Å². The highest BCUT2D eigenvalue weighted by molar-refractivity contribution is 5.84. The lowest BCUT2D eigenvalue weighted by molar-refractivity contribution is 0.526. The first-order valence-corrected chi connectivity index (χ1v) is 9.70. The molecule has 0 aliphatic heterocycles. The summed E-state index contributed by atoms with van der Waals surface area (Å²) < 4.78 is 2.51. The number of benzene rings is 1. The van der Waals surface area contributed by atoms with E-state index >= 15 is 0 Å². The van der Waals surface area contributed by atoms with Crippen molar-refractivity contribution in [1.29, 1.82) is 0 Å². The van der Waals surface area contributed by atoms with Crippen LogP contribution < -0.4 is 10.6 Å². The maximum atomic E-state index is 3.90. The van der Waals surface area contributed by atoms with Crippen LogP contribution in [0.25, 0.3) is 22.6 Å².